The lowest BCUT2D eigenvalue weighted by Crippen LogP contribution is -2.29. The molecule has 364 valence electrons. The molecule has 9 nitrogen and oxygen atoms in total. The number of phosphoric acid groups is 1. The maximum absolute atomic E-state index is 12.7. The Hall–Kier alpha value is -2.36. The number of hydrogen-bond donors (Lipinski definition) is 3. The van der Waals surface area contributed by atoms with Gasteiger partial charge in [-0.15, -0.1) is 0 Å². The Morgan fingerprint density at radius 2 is 0.905 bits per heavy atom. The first-order chi connectivity index (χ1) is 30.8. The molecule has 3 N–H and O–H groups in total. The van der Waals surface area contributed by atoms with Crippen LogP contribution in [0.25, 0.3) is 0 Å². The zero-order valence-corrected chi connectivity index (χ0v) is 40.9. The van der Waals surface area contributed by atoms with Crippen LogP contribution in [0.2, 0.25) is 0 Å². The summed E-state index contributed by atoms with van der Waals surface area (Å²) >= 11 is 0. The molecule has 0 aliphatic heterocycles. The van der Waals surface area contributed by atoms with Gasteiger partial charge in [-0.1, -0.05) is 208 Å². The molecule has 0 saturated heterocycles. The Kier molecular flexibility index (Phi) is 47.2. The Bertz CT molecular complexity index is 1250. The first-order valence-electron chi connectivity index (χ1n) is 25.1. The second-order valence-corrected chi connectivity index (χ2v) is 17.9. The molecule has 0 bridgehead atoms. The molecular formula is C53H93O9P. The maximum Gasteiger partial charge on any atom is 0.472 e. The summed E-state index contributed by atoms with van der Waals surface area (Å²) in [6.45, 7) is 3.30. The van der Waals surface area contributed by atoms with Crippen molar-refractivity contribution in [1.82, 2.24) is 0 Å². The van der Waals surface area contributed by atoms with E-state index >= 15 is 0 Å². The normalized spacial score (nSPS) is 14.6. The summed E-state index contributed by atoms with van der Waals surface area (Å²) in [5.74, 6) is -0.398. The van der Waals surface area contributed by atoms with Gasteiger partial charge in [-0.05, 0) is 70.6 Å². The average Bonchev–Trinajstić information content (AvgIpc) is 3.28. The van der Waals surface area contributed by atoms with E-state index in [1.54, 1.807) is 0 Å². The van der Waals surface area contributed by atoms with E-state index in [9.17, 15) is 19.4 Å². The molecule has 0 rings (SSSR count). The van der Waals surface area contributed by atoms with Crippen molar-refractivity contribution in [3.63, 3.8) is 0 Å². The van der Waals surface area contributed by atoms with Crippen molar-refractivity contribution in [1.29, 1.82) is 0 Å². The van der Waals surface area contributed by atoms with Crippen LogP contribution in [0.4, 0.5) is 0 Å². The van der Waals surface area contributed by atoms with Crippen molar-refractivity contribution in [2.45, 2.75) is 212 Å². The Balaban J connectivity index is 4.20. The number of phosphoric ester groups is 1. The summed E-state index contributed by atoms with van der Waals surface area (Å²) < 4.78 is 33.4. The topological polar surface area (TPSA) is 132 Å². The van der Waals surface area contributed by atoms with Crippen LogP contribution in [-0.2, 0) is 27.9 Å². The van der Waals surface area contributed by atoms with E-state index in [2.05, 4.69) is 98.9 Å². The van der Waals surface area contributed by atoms with Crippen molar-refractivity contribution >= 4 is 13.8 Å². The fraction of sp³-hybridized carbons (Fsp3) is 0.717. The summed E-state index contributed by atoms with van der Waals surface area (Å²) in [7, 11) is -4.54. The van der Waals surface area contributed by atoms with Crippen molar-refractivity contribution in [3.05, 3.63) is 85.1 Å². The lowest BCUT2D eigenvalue weighted by molar-refractivity contribution is -0.154. The van der Waals surface area contributed by atoms with Gasteiger partial charge in [0.05, 0.1) is 26.4 Å². The number of esters is 1. The Morgan fingerprint density at radius 3 is 1.33 bits per heavy atom. The zero-order chi connectivity index (χ0) is 46.0. The highest BCUT2D eigenvalue weighted by Gasteiger charge is 2.26. The molecule has 0 amide bonds. The van der Waals surface area contributed by atoms with Crippen molar-refractivity contribution in [2.24, 2.45) is 0 Å². The van der Waals surface area contributed by atoms with Gasteiger partial charge in [0.2, 0.25) is 0 Å². The number of carbonyl (C=O) groups is 1. The minimum Gasteiger partial charge on any atom is -0.457 e. The van der Waals surface area contributed by atoms with Gasteiger partial charge in [0.1, 0.15) is 12.2 Å². The molecule has 0 fully saturated rings. The summed E-state index contributed by atoms with van der Waals surface area (Å²) in [4.78, 5) is 22.7. The van der Waals surface area contributed by atoms with Crippen LogP contribution in [0.1, 0.15) is 200 Å². The fourth-order valence-electron chi connectivity index (χ4n) is 6.57. The van der Waals surface area contributed by atoms with Gasteiger partial charge in [-0.3, -0.25) is 13.8 Å². The first kappa shape index (κ1) is 60.6. The highest BCUT2D eigenvalue weighted by molar-refractivity contribution is 7.47. The molecule has 3 atom stereocenters. The smallest absolute Gasteiger partial charge is 0.457 e. The van der Waals surface area contributed by atoms with Gasteiger partial charge in [0.15, 0.2) is 0 Å². The van der Waals surface area contributed by atoms with E-state index in [0.717, 1.165) is 83.5 Å². The predicted octanol–water partition coefficient (Wildman–Crippen LogP) is 14.6. The number of carbonyl (C=O) groups excluding carboxylic acids is 1. The van der Waals surface area contributed by atoms with E-state index in [1.165, 1.54) is 96.3 Å². The molecule has 0 aromatic rings. The third-order valence-electron chi connectivity index (χ3n) is 10.3. The van der Waals surface area contributed by atoms with Crippen LogP contribution >= 0.6 is 7.82 Å². The van der Waals surface area contributed by atoms with Gasteiger partial charge in [0.25, 0.3) is 0 Å². The lowest BCUT2D eigenvalue weighted by atomic mass is 10.0. The monoisotopic (exact) mass is 905 g/mol. The number of hydrogen-bond acceptors (Lipinski definition) is 8. The van der Waals surface area contributed by atoms with Gasteiger partial charge in [-0.2, -0.15) is 0 Å². The van der Waals surface area contributed by atoms with Gasteiger partial charge < -0.3 is 24.6 Å². The minimum atomic E-state index is -4.54. The predicted molar refractivity (Wildman–Crippen MR) is 265 cm³/mol. The van der Waals surface area contributed by atoms with E-state index < -0.39 is 45.8 Å². The van der Waals surface area contributed by atoms with E-state index in [0.29, 0.717) is 6.61 Å². The van der Waals surface area contributed by atoms with E-state index in [4.69, 9.17) is 23.6 Å². The third kappa shape index (κ3) is 48.9. The molecule has 0 aliphatic carbocycles. The Labute approximate surface area is 385 Å². The molecule has 0 aromatic heterocycles. The number of aliphatic hydroxyl groups is 2. The quantitative estimate of drug-likeness (QED) is 0.0236. The summed E-state index contributed by atoms with van der Waals surface area (Å²) in [6, 6.07) is 0. The molecule has 0 spiro atoms. The number of allylic oxidation sites excluding steroid dienone is 14. The van der Waals surface area contributed by atoms with Crippen molar-refractivity contribution < 1.29 is 43.0 Å². The van der Waals surface area contributed by atoms with Crippen molar-refractivity contribution in [3.8, 4) is 0 Å². The van der Waals surface area contributed by atoms with E-state index in [-0.39, 0.29) is 13.0 Å². The van der Waals surface area contributed by atoms with E-state index in [1.807, 2.05) is 0 Å². The first-order valence-corrected chi connectivity index (χ1v) is 26.6. The van der Waals surface area contributed by atoms with Crippen LogP contribution in [0.5, 0.6) is 0 Å². The molecule has 0 aromatic carbocycles. The van der Waals surface area contributed by atoms with Crippen LogP contribution in [-0.4, -0.2) is 66.3 Å². The molecule has 0 radical (unpaired) electrons. The van der Waals surface area contributed by atoms with Crippen LogP contribution in [0.3, 0.4) is 0 Å². The second kappa shape index (κ2) is 49.1. The van der Waals surface area contributed by atoms with Gasteiger partial charge in [0, 0.05) is 13.0 Å². The number of unbranched alkanes of at least 4 members (excludes halogenated alkanes) is 19. The zero-order valence-electron chi connectivity index (χ0n) is 40.0. The Morgan fingerprint density at radius 1 is 0.508 bits per heavy atom. The number of ether oxygens (including phenoxy) is 2. The molecule has 10 heteroatoms. The van der Waals surface area contributed by atoms with Crippen LogP contribution in [0.15, 0.2) is 85.1 Å². The largest absolute Gasteiger partial charge is 0.472 e. The highest BCUT2D eigenvalue weighted by atomic mass is 31.2. The van der Waals surface area contributed by atoms with Crippen LogP contribution < -0.4 is 0 Å². The summed E-state index contributed by atoms with van der Waals surface area (Å²) in [5.41, 5.74) is 0. The standard InChI is InChI=1S/C53H93O9P/c1-3-5-7-9-11-13-15-17-19-21-23-24-25-26-27-28-30-32-34-36-38-40-42-44-46-59-49-52(50-61-63(57,58)60-48-51(55)47-54)62-53(56)45-43-41-39-37-35-33-31-29-22-20-18-16-14-12-10-8-6-4-2/h5,7,11,13,17,19,23-24,26-27,30,32,36,38,51-52,54-55H,3-4,6,8-10,12,14-16,18,20-22,25,28-29,31,33-35,37,39-50H2,1-2H3,(H,57,58)/b7-5-,13-11-,19-17-,24-23-,27-26-,32-30-,38-36-. The van der Waals surface area contributed by atoms with Gasteiger partial charge >= 0.3 is 13.8 Å². The number of aliphatic hydroxyl groups excluding tert-OH is 2. The van der Waals surface area contributed by atoms with Gasteiger partial charge in [-0.25, -0.2) is 4.57 Å². The molecule has 0 heterocycles. The third-order valence-corrected chi connectivity index (χ3v) is 11.3. The molecule has 3 unspecified atom stereocenters. The fourth-order valence-corrected chi connectivity index (χ4v) is 7.36. The van der Waals surface area contributed by atoms with Crippen LogP contribution in [0, 0.1) is 0 Å². The summed E-state index contributed by atoms with van der Waals surface area (Å²) in [6.07, 6.45) is 61.2. The molecule has 0 aliphatic rings. The number of rotatable bonds is 47. The molecular weight excluding hydrogens is 812 g/mol. The molecule has 0 saturated carbocycles. The summed E-state index contributed by atoms with van der Waals surface area (Å²) in [5, 5.41) is 18.4. The van der Waals surface area contributed by atoms with Crippen molar-refractivity contribution in [2.75, 3.05) is 33.0 Å². The highest BCUT2D eigenvalue weighted by Crippen LogP contribution is 2.43. The second-order valence-electron chi connectivity index (χ2n) is 16.5. The lowest BCUT2D eigenvalue weighted by Gasteiger charge is -2.20. The molecule has 63 heavy (non-hydrogen) atoms. The minimum absolute atomic E-state index is 0.0165. The average molecular weight is 905 g/mol. The SMILES string of the molecule is CC/C=C\C/C=C\C/C=C\C/C=C\C/C=C\C/C=C\C/C=C\CCCCOCC(COP(=O)(O)OCC(O)CO)OC(=O)CCCCCCCCCCCCCCCCCCCC. The maximum atomic E-state index is 12.7.